The molecular formula is C12H16Cl3NO2S2. The highest BCUT2D eigenvalue weighted by atomic mass is 35.5. The first-order valence-electron chi connectivity index (χ1n) is 6.13. The summed E-state index contributed by atoms with van der Waals surface area (Å²) in [6, 6.07) is 1.30. The highest BCUT2D eigenvalue weighted by molar-refractivity contribution is 7.90. The Labute approximate surface area is 140 Å². The van der Waals surface area contributed by atoms with Crippen LogP contribution in [0.1, 0.15) is 26.7 Å². The molecule has 0 fully saturated rings. The SMILES string of the molecule is CCCN(CCC)S(=O)(=O)c1cc(Cl)c(Cl)c(Cl)c1S. The van der Waals surface area contributed by atoms with Gasteiger partial charge in [0.15, 0.2) is 0 Å². The first-order valence-corrected chi connectivity index (χ1v) is 9.16. The fraction of sp³-hybridized carbons (Fsp3) is 0.500. The van der Waals surface area contributed by atoms with E-state index in [1.807, 2.05) is 13.8 Å². The molecule has 20 heavy (non-hydrogen) atoms. The molecule has 0 aromatic heterocycles. The molecule has 0 spiro atoms. The van der Waals surface area contributed by atoms with Gasteiger partial charge in [-0.3, -0.25) is 0 Å². The maximum absolute atomic E-state index is 12.7. The summed E-state index contributed by atoms with van der Waals surface area (Å²) in [5.41, 5.74) is 0. The first kappa shape index (κ1) is 18.4. The highest BCUT2D eigenvalue weighted by Gasteiger charge is 2.28. The Balaban J connectivity index is 3.41. The summed E-state index contributed by atoms with van der Waals surface area (Å²) < 4.78 is 26.7. The Morgan fingerprint density at radius 1 is 1.10 bits per heavy atom. The van der Waals surface area contributed by atoms with Crippen LogP contribution < -0.4 is 0 Å². The average Bonchev–Trinajstić information content (AvgIpc) is 2.40. The highest BCUT2D eigenvalue weighted by Crippen LogP contribution is 2.39. The maximum Gasteiger partial charge on any atom is 0.244 e. The topological polar surface area (TPSA) is 37.4 Å². The summed E-state index contributed by atoms with van der Waals surface area (Å²) in [6.07, 6.45) is 1.44. The van der Waals surface area contributed by atoms with Crippen LogP contribution >= 0.6 is 47.4 Å². The molecule has 0 heterocycles. The molecule has 114 valence electrons. The van der Waals surface area contributed by atoms with Gasteiger partial charge in [0, 0.05) is 18.0 Å². The molecule has 0 unspecified atom stereocenters. The van der Waals surface area contributed by atoms with Gasteiger partial charge in [-0.05, 0) is 18.9 Å². The monoisotopic (exact) mass is 375 g/mol. The molecule has 1 rings (SSSR count). The summed E-state index contributed by atoms with van der Waals surface area (Å²) in [4.78, 5) is 0.111. The lowest BCUT2D eigenvalue weighted by Crippen LogP contribution is -2.32. The Bertz CT molecular complexity index is 585. The standard InChI is InChI=1S/C12H16Cl3NO2S2/c1-3-5-16(6-4-2)20(17,18)9-7-8(13)10(14)11(15)12(9)19/h7,19H,3-6H2,1-2H3. The van der Waals surface area contributed by atoms with Crippen molar-refractivity contribution in [2.75, 3.05) is 13.1 Å². The first-order chi connectivity index (χ1) is 9.27. The van der Waals surface area contributed by atoms with Crippen LogP contribution in [0.4, 0.5) is 0 Å². The minimum atomic E-state index is -3.69. The lowest BCUT2D eigenvalue weighted by Gasteiger charge is -2.22. The van der Waals surface area contributed by atoms with Crippen molar-refractivity contribution in [2.45, 2.75) is 36.5 Å². The average molecular weight is 377 g/mol. The third kappa shape index (κ3) is 3.76. The molecule has 0 radical (unpaired) electrons. The van der Waals surface area contributed by atoms with Crippen LogP contribution in [-0.4, -0.2) is 25.8 Å². The summed E-state index contributed by atoms with van der Waals surface area (Å²) in [6.45, 7) is 4.70. The molecule has 8 heteroatoms. The number of hydrogen-bond donors (Lipinski definition) is 1. The molecule has 0 atom stereocenters. The van der Waals surface area contributed by atoms with E-state index in [1.54, 1.807) is 0 Å². The van der Waals surface area contributed by atoms with Crippen LogP contribution in [0.2, 0.25) is 15.1 Å². The molecule has 1 aromatic rings. The van der Waals surface area contributed by atoms with Crippen LogP contribution in [0.3, 0.4) is 0 Å². The number of benzene rings is 1. The number of halogens is 3. The van der Waals surface area contributed by atoms with E-state index >= 15 is 0 Å². The fourth-order valence-corrected chi connectivity index (χ4v) is 4.80. The van der Waals surface area contributed by atoms with Gasteiger partial charge in [0.05, 0.1) is 20.0 Å². The van der Waals surface area contributed by atoms with Crippen LogP contribution in [-0.2, 0) is 10.0 Å². The van der Waals surface area contributed by atoms with Gasteiger partial charge in [-0.25, -0.2) is 8.42 Å². The molecule has 0 aliphatic carbocycles. The van der Waals surface area contributed by atoms with Gasteiger partial charge >= 0.3 is 0 Å². The van der Waals surface area contributed by atoms with Crippen molar-refractivity contribution in [3.8, 4) is 0 Å². The molecule has 0 aliphatic heterocycles. The molecule has 0 saturated carbocycles. The van der Waals surface area contributed by atoms with Crippen molar-refractivity contribution in [1.82, 2.24) is 4.31 Å². The number of thiol groups is 1. The van der Waals surface area contributed by atoms with Crippen molar-refractivity contribution in [1.29, 1.82) is 0 Å². The van der Waals surface area contributed by atoms with Gasteiger partial charge in [0.2, 0.25) is 10.0 Å². The lowest BCUT2D eigenvalue weighted by atomic mass is 10.3. The Morgan fingerprint density at radius 2 is 1.60 bits per heavy atom. The van der Waals surface area contributed by atoms with Gasteiger partial charge in [-0.2, -0.15) is 4.31 Å². The number of rotatable bonds is 6. The van der Waals surface area contributed by atoms with Crippen LogP contribution in [0.5, 0.6) is 0 Å². The van der Waals surface area contributed by atoms with E-state index in [9.17, 15) is 8.42 Å². The van der Waals surface area contributed by atoms with Crippen LogP contribution in [0, 0.1) is 0 Å². The predicted molar refractivity (Wildman–Crippen MR) is 88.1 cm³/mol. The maximum atomic E-state index is 12.7. The van der Waals surface area contributed by atoms with E-state index in [4.69, 9.17) is 34.8 Å². The Hall–Kier alpha value is 0.350. The van der Waals surface area contributed by atoms with Gasteiger partial charge in [-0.15, -0.1) is 12.6 Å². The molecule has 0 aliphatic rings. The Kier molecular flexibility index (Phi) is 6.96. The predicted octanol–water partition coefficient (Wildman–Crippen LogP) is 4.75. The molecule has 3 nitrogen and oxygen atoms in total. The van der Waals surface area contributed by atoms with Crippen LogP contribution in [0.15, 0.2) is 15.9 Å². The fourth-order valence-electron chi connectivity index (χ4n) is 1.75. The van der Waals surface area contributed by atoms with Crippen LogP contribution in [0.25, 0.3) is 0 Å². The smallest absolute Gasteiger partial charge is 0.207 e. The second kappa shape index (κ2) is 7.56. The van der Waals surface area contributed by atoms with E-state index in [-0.39, 0.29) is 24.9 Å². The summed E-state index contributed by atoms with van der Waals surface area (Å²) in [5.74, 6) is 0. The molecular weight excluding hydrogens is 361 g/mol. The minimum Gasteiger partial charge on any atom is -0.207 e. The van der Waals surface area contributed by atoms with E-state index in [0.717, 1.165) is 12.8 Å². The van der Waals surface area contributed by atoms with Gasteiger partial charge < -0.3 is 0 Å². The summed E-state index contributed by atoms with van der Waals surface area (Å²) in [7, 11) is -3.69. The number of sulfonamides is 1. The minimum absolute atomic E-state index is 0.0119. The molecule has 0 N–H and O–H groups in total. The summed E-state index contributed by atoms with van der Waals surface area (Å²) in [5, 5.41) is 0.254. The number of nitrogens with zero attached hydrogens (tertiary/aromatic N) is 1. The lowest BCUT2D eigenvalue weighted by molar-refractivity contribution is 0.409. The zero-order valence-electron chi connectivity index (χ0n) is 11.2. The van der Waals surface area contributed by atoms with E-state index in [0.29, 0.717) is 13.1 Å². The molecule has 0 saturated heterocycles. The third-order valence-electron chi connectivity index (χ3n) is 2.67. The normalized spacial score (nSPS) is 12.2. The largest absolute Gasteiger partial charge is 0.244 e. The van der Waals surface area contributed by atoms with E-state index in [2.05, 4.69) is 12.6 Å². The Morgan fingerprint density at radius 3 is 2.05 bits per heavy atom. The second-order valence-electron chi connectivity index (χ2n) is 4.24. The molecule has 1 aromatic carbocycles. The van der Waals surface area contributed by atoms with Crippen molar-refractivity contribution in [2.24, 2.45) is 0 Å². The zero-order valence-corrected chi connectivity index (χ0v) is 15.1. The summed E-state index contributed by atoms with van der Waals surface area (Å²) >= 11 is 22.0. The van der Waals surface area contributed by atoms with E-state index < -0.39 is 10.0 Å². The number of hydrogen-bond acceptors (Lipinski definition) is 3. The van der Waals surface area contributed by atoms with Gasteiger partial charge in [0.1, 0.15) is 0 Å². The molecule has 0 amide bonds. The van der Waals surface area contributed by atoms with Crippen molar-refractivity contribution >= 4 is 57.5 Å². The third-order valence-corrected chi connectivity index (χ3v) is 6.60. The zero-order chi connectivity index (χ0) is 15.5. The second-order valence-corrected chi connectivity index (χ2v) is 7.75. The van der Waals surface area contributed by atoms with E-state index in [1.165, 1.54) is 10.4 Å². The molecule has 0 bridgehead atoms. The van der Waals surface area contributed by atoms with Crippen molar-refractivity contribution < 1.29 is 8.42 Å². The van der Waals surface area contributed by atoms with Crippen molar-refractivity contribution in [3.05, 3.63) is 21.1 Å². The quantitative estimate of drug-likeness (QED) is 0.575. The van der Waals surface area contributed by atoms with Gasteiger partial charge in [0.25, 0.3) is 0 Å². The van der Waals surface area contributed by atoms with Crippen molar-refractivity contribution in [3.63, 3.8) is 0 Å². The van der Waals surface area contributed by atoms with Gasteiger partial charge in [-0.1, -0.05) is 48.7 Å².